The van der Waals surface area contributed by atoms with Gasteiger partial charge in [-0.2, -0.15) is 0 Å². The molecule has 3 rings (SSSR count). The largest absolute Gasteiger partial charge is 0.494 e. The Balaban J connectivity index is 1.56. The molecule has 0 bridgehead atoms. The van der Waals surface area contributed by atoms with E-state index < -0.39 is 0 Å². The number of rotatable bonds is 9. The zero-order valence-electron chi connectivity index (χ0n) is 17.0. The highest BCUT2D eigenvalue weighted by atomic mass is 32.2. The van der Waals surface area contributed by atoms with Crippen molar-refractivity contribution in [3.8, 4) is 16.3 Å². The van der Waals surface area contributed by atoms with Crippen LogP contribution >= 0.6 is 34.4 Å². The van der Waals surface area contributed by atoms with E-state index in [9.17, 15) is 9.59 Å². The van der Waals surface area contributed by atoms with E-state index in [1.165, 1.54) is 30.0 Å². The Morgan fingerprint density at radius 2 is 1.90 bits per heavy atom. The van der Waals surface area contributed by atoms with Gasteiger partial charge in [0.1, 0.15) is 5.75 Å². The van der Waals surface area contributed by atoms with Crippen molar-refractivity contribution >= 4 is 51.4 Å². The van der Waals surface area contributed by atoms with Crippen LogP contribution in [0.2, 0.25) is 0 Å². The van der Waals surface area contributed by atoms with Crippen LogP contribution in [0.1, 0.15) is 23.6 Å². The summed E-state index contributed by atoms with van der Waals surface area (Å²) in [5, 5.41) is 6.28. The zero-order valence-corrected chi connectivity index (χ0v) is 19.4. The van der Waals surface area contributed by atoms with Crippen LogP contribution in [-0.4, -0.2) is 29.2 Å². The van der Waals surface area contributed by atoms with Crippen LogP contribution in [0.4, 0.5) is 5.13 Å². The van der Waals surface area contributed by atoms with Gasteiger partial charge < -0.3 is 15.4 Å². The highest BCUT2D eigenvalue weighted by molar-refractivity contribution is 8.00. The molecule has 0 saturated carbocycles. The van der Waals surface area contributed by atoms with Crippen molar-refractivity contribution in [2.45, 2.75) is 32.2 Å². The highest BCUT2D eigenvalue weighted by Gasteiger charge is 2.14. The topological polar surface area (TPSA) is 80.3 Å². The van der Waals surface area contributed by atoms with E-state index in [1.807, 2.05) is 50.2 Å². The molecule has 0 aliphatic rings. The number of hydrogen-bond acceptors (Lipinski definition) is 7. The molecule has 2 heterocycles. The Morgan fingerprint density at radius 1 is 1.13 bits per heavy atom. The molecule has 0 radical (unpaired) electrons. The summed E-state index contributed by atoms with van der Waals surface area (Å²) in [5.74, 6) is 0.988. The van der Waals surface area contributed by atoms with Gasteiger partial charge in [-0.1, -0.05) is 0 Å². The molecule has 2 N–H and O–H groups in total. The Labute approximate surface area is 188 Å². The summed E-state index contributed by atoms with van der Waals surface area (Å²) in [4.78, 5) is 32.1. The average Bonchev–Trinajstić information content (AvgIpc) is 3.32. The third-order valence-electron chi connectivity index (χ3n) is 3.95. The number of nitrogens with one attached hydrogen (secondary N) is 2. The minimum atomic E-state index is -0.0910. The number of carbonyl (C=O) groups is 2. The van der Waals surface area contributed by atoms with E-state index in [1.54, 1.807) is 11.3 Å². The first-order valence-electron chi connectivity index (χ1n) is 9.41. The fourth-order valence-electron chi connectivity index (χ4n) is 2.59. The van der Waals surface area contributed by atoms with Gasteiger partial charge in [-0.25, -0.2) is 4.98 Å². The van der Waals surface area contributed by atoms with Gasteiger partial charge in [-0.3, -0.25) is 9.59 Å². The summed E-state index contributed by atoms with van der Waals surface area (Å²) in [5.41, 5.74) is 0.869. The maximum Gasteiger partial charge on any atom is 0.236 e. The Bertz CT molecular complexity index is 1010. The predicted octanol–water partition coefficient (Wildman–Crippen LogP) is 4.95. The van der Waals surface area contributed by atoms with Crippen LogP contribution in [-0.2, 0) is 16.1 Å². The number of carbonyl (C=O) groups excluding carboxylic acids is 2. The monoisotopic (exact) mass is 461 g/mol. The maximum atomic E-state index is 12.3. The minimum absolute atomic E-state index is 0.0529. The number of thiazole rings is 1. The molecule has 6 nitrogen and oxygen atoms in total. The van der Waals surface area contributed by atoms with E-state index in [2.05, 4.69) is 15.6 Å². The summed E-state index contributed by atoms with van der Waals surface area (Å²) in [6.45, 7) is 6.58. The lowest BCUT2D eigenvalue weighted by molar-refractivity contribution is -0.119. The smallest absolute Gasteiger partial charge is 0.236 e. The molecule has 1 aromatic carbocycles. The van der Waals surface area contributed by atoms with Crippen molar-refractivity contribution in [1.29, 1.82) is 0 Å². The van der Waals surface area contributed by atoms with Crippen LogP contribution in [0.5, 0.6) is 5.75 Å². The van der Waals surface area contributed by atoms with E-state index >= 15 is 0 Å². The lowest BCUT2D eigenvalue weighted by Gasteiger charge is -2.05. The van der Waals surface area contributed by atoms with Gasteiger partial charge in [-0.15, -0.1) is 34.4 Å². The number of hydrogen-bond donors (Lipinski definition) is 2. The second-order valence-corrected chi connectivity index (χ2v) is 9.76. The molecule has 2 aromatic heterocycles. The van der Waals surface area contributed by atoms with Crippen molar-refractivity contribution in [2.75, 3.05) is 17.7 Å². The number of nitrogens with zero attached hydrogens (tertiary/aromatic N) is 1. The van der Waals surface area contributed by atoms with Gasteiger partial charge in [0.25, 0.3) is 0 Å². The van der Waals surface area contributed by atoms with Gasteiger partial charge in [-0.05, 0) is 50.2 Å². The molecule has 0 unspecified atom stereocenters. The lowest BCUT2D eigenvalue weighted by Crippen LogP contribution is -2.17. The molecule has 0 aliphatic heterocycles. The van der Waals surface area contributed by atoms with Crippen LogP contribution in [0, 0.1) is 6.92 Å². The van der Waals surface area contributed by atoms with Crippen molar-refractivity contribution < 1.29 is 14.3 Å². The first kappa shape index (κ1) is 22.3. The van der Waals surface area contributed by atoms with E-state index in [-0.39, 0.29) is 11.8 Å². The molecule has 0 atom stereocenters. The molecule has 30 heavy (non-hydrogen) atoms. The summed E-state index contributed by atoms with van der Waals surface area (Å²) in [6.07, 6.45) is 0. The van der Waals surface area contributed by atoms with Crippen molar-refractivity contribution in [3.05, 3.63) is 46.2 Å². The summed E-state index contributed by atoms with van der Waals surface area (Å²) in [7, 11) is 0. The van der Waals surface area contributed by atoms with Crippen molar-refractivity contribution in [2.24, 2.45) is 0 Å². The van der Waals surface area contributed by atoms with Gasteiger partial charge in [0.15, 0.2) is 5.13 Å². The molecule has 3 aromatic rings. The molecule has 2 amide bonds. The van der Waals surface area contributed by atoms with Gasteiger partial charge in [0.05, 0.1) is 29.5 Å². The number of amides is 2. The third kappa shape index (κ3) is 6.32. The van der Waals surface area contributed by atoms with Crippen LogP contribution in [0.15, 0.2) is 41.3 Å². The number of anilines is 1. The number of thioether (sulfide) groups is 1. The lowest BCUT2D eigenvalue weighted by atomic mass is 10.3. The highest BCUT2D eigenvalue weighted by Crippen LogP contribution is 2.34. The van der Waals surface area contributed by atoms with Gasteiger partial charge >= 0.3 is 0 Å². The minimum Gasteiger partial charge on any atom is -0.494 e. The molecule has 0 spiro atoms. The van der Waals surface area contributed by atoms with Gasteiger partial charge in [0, 0.05) is 21.6 Å². The average molecular weight is 462 g/mol. The SMILES string of the molecule is CCOc1ccc(SCC(=O)Nc2nc(-c3ccc(CNC(C)=O)s3)c(C)s2)cc1. The fourth-order valence-corrected chi connectivity index (χ4v) is 5.19. The number of aromatic nitrogens is 1. The summed E-state index contributed by atoms with van der Waals surface area (Å²) >= 11 is 4.52. The Kier molecular flexibility index (Phi) is 7.89. The number of aryl methyl sites for hydroxylation is 1. The van der Waals surface area contributed by atoms with Crippen LogP contribution < -0.4 is 15.4 Å². The third-order valence-corrected chi connectivity index (χ3v) is 6.94. The first-order valence-corrected chi connectivity index (χ1v) is 12.0. The van der Waals surface area contributed by atoms with Crippen molar-refractivity contribution in [3.63, 3.8) is 0 Å². The second kappa shape index (κ2) is 10.6. The molecular weight excluding hydrogens is 438 g/mol. The van der Waals surface area contributed by atoms with E-state index in [0.29, 0.717) is 24.0 Å². The maximum absolute atomic E-state index is 12.3. The summed E-state index contributed by atoms with van der Waals surface area (Å²) < 4.78 is 5.43. The number of ether oxygens (including phenoxy) is 1. The van der Waals surface area contributed by atoms with Crippen LogP contribution in [0.3, 0.4) is 0 Å². The Morgan fingerprint density at radius 3 is 2.60 bits per heavy atom. The van der Waals surface area contributed by atoms with E-state index in [4.69, 9.17) is 4.74 Å². The fraction of sp³-hybridized carbons (Fsp3) is 0.286. The number of benzene rings is 1. The molecule has 9 heteroatoms. The molecule has 0 fully saturated rings. The first-order chi connectivity index (χ1) is 14.4. The quantitative estimate of drug-likeness (QED) is 0.441. The van der Waals surface area contributed by atoms with Crippen LogP contribution in [0.25, 0.3) is 10.6 Å². The Hall–Kier alpha value is -2.36. The van der Waals surface area contributed by atoms with Crippen molar-refractivity contribution in [1.82, 2.24) is 10.3 Å². The number of thiophene rings is 1. The summed E-state index contributed by atoms with van der Waals surface area (Å²) in [6, 6.07) is 11.7. The molecule has 0 aliphatic carbocycles. The van der Waals surface area contributed by atoms with E-state index in [0.717, 1.165) is 31.0 Å². The van der Waals surface area contributed by atoms with Gasteiger partial charge in [0.2, 0.25) is 11.8 Å². The molecular formula is C21H23N3O3S3. The molecule has 0 saturated heterocycles. The molecule has 158 valence electrons. The normalized spacial score (nSPS) is 10.6. The predicted molar refractivity (Wildman–Crippen MR) is 125 cm³/mol. The zero-order chi connectivity index (χ0) is 21.5. The standard InChI is InChI=1S/C21H23N3O3S3/c1-4-27-15-5-7-16(8-6-15)28-12-19(26)23-21-24-20(13(2)29-21)18-10-9-17(30-18)11-22-14(3)25/h5-10H,4,11-12H2,1-3H3,(H,22,25)(H,23,24,26). The second-order valence-electron chi connectivity index (χ2n) is 6.34.